The molecule has 3 spiro atoms. The quantitative estimate of drug-likeness (QED) is 0.260. The lowest BCUT2D eigenvalue weighted by atomic mass is 9.41. The van der Waals surface area contributed by atoms with Crippen LogP contribution in [0.1, 0.15) is 107 Å². The van der Waals surface area contributed by atoms with Crippen LogP contribution in [0.5, 0.6) is 0 Å². The summed E-state index contributed by atoms with van der Waals surface area (Å²) < 4.78 is 31.6. The van der Waals surface area contributed by atoms with E-state index >= 15 is 0 Å². The minimum atomic E-state index is -1.28. The molecule has 17 atom stereocenters. The summed E-state index contributed by atoms with van der Waals surface area (Å²) in [6, 6.07) is 0. The van der Waals surface area contributed by atoms with Crippen LogP contribution in [0.15, 0.2) is 0 Å². The second-order valence-corrected chi connectivity index (χ2v) is 18.9. The fourth-order valence-electron chi connectivity index (χ4n) is 14.3. The summed E-state index contributed by atoms with van der Waals surface area (Å²) in [5, 5.41) is 44.7. The minimum Gasteiger partial charge on any atom is -0.454 e. The molecule has 0 radical (unpaired) electrons. The third-order valence-corrected chi connectivity index (χ3v) is 16.2. The zero-order valence-electron chi connectivity index (χ0n) is 29.5. The number of carbonyl (C=O) groups is 1. The third-order valence-electron chi connectivity index (χ3n) is 16.2. The topological polar surface area (TPSA) is 144 Å². The Kier molecular flexibility index (Phi) is 7.03. The zero-order chi connectivity index (χ0) is 33.9. The van der Waals surface area contributed by atoms with Gasteiger partial charge in [0.1, 0.15) is 24.4 Å². The van der Waals surface area contributed by atoms with Gasteiger partial charge in [-0.3, -0.25) is 4.79 Å². The van der Waals surface area contributed by atoms with Crippen LogP contribution >= 0.6 is 0 Å². The molecule has 47 heavy (non-hydrogen) atoms. The van der Waals surface area contributed by atoms with Crippen molar-refractivity contribution in [3.05, 3.63) is 0 Å². The van der Waals surface area contributed by atoms with Crippen molar-refractivity contribution < 1.29 is 48.9 Å². The summed E-state index contributed by atoms with van der Waals surface area (Å²) in [7, 11) is 0. The largest absolute Gasteiger partial charge is 0.454 e. The van der Waals surface area contributed by atoms with Gasteiger partial charge < -0.3 is 44.1 Å². The van der Waals surface area contributed by atoms with Crippen molar-refractivity contribution in [3.8, 4) is 0 Å². The zero-order valence-corrected chi connectivity index (χ0v) is 29.5. The van der Waals surface area contributed by atoms with Crippen LogP contribution in [0.2, 0.25) is 0 Å². The van der Waals surface area contributed by atoms with Crippen LogP contribution < -0.4 is 0 Å². The SMILES string of the molecule is CC(=O)O[C@H]1[C@H](O[C@H]2CC[C@]34C[C@@]35CC[C@]3(C)[C@H]6[C@H](C)C[C@@H]7O[C@@]6(O[C@H]7C(C)(C)O)[C@H](O)[C@@]3(C)[C@@H]5CC[C@H]4C2(C)C)OC[C@@H](O)[C@@H]1O. The molecule has 10 nitrogen and oxygen atoms in total. The highest BCUT2D eigenvalue weighted by molar-refractivity contribution is 5.66. The van der Waals surface area contributed by atoms with Crippen molar-refractivity contribution in [1.29, 1.82) is 0 Å². The first-order chi connectivity index (χ1) is 21.8. The van der Waals surface area contributed by atoms with Gasteiger partial charge in [0, 0.05) is 18.3 Å². The average Bonchev–Trinajstić information content (AvgIpc) is 3.49. The van der Waals surface area contributed by atoms with Gasteiger partial charge in [-0.15, -0.1) is 0 Å². The molecule has 2 bridgehead atoms. The highest BCUT2D eigenvalue weighted by Gasteiger charge is 2.88. The Hall–Kier alpha value is -0.850. The molecule has 4 N–H and O–H groups in total. The lowest BCUT2D eigenvalue weighted by molar-refractivity contribution is -0.305. The first-order valence-corrected chi connectivity index (χ1v) is 18.4. The smallest absolute Gasteiger partial charge is 0.303 e. The summed E-state index contributed by atoms with van der Waals surface area (Å²) in [5.74, 6) is -0.546. The van der Waals surface area contributed by atoms with E-state index in [9.17, 15) is 25.2 Å². The molecule has 0 aromatic heterocycles. The monoisotopic (exact) mass is 662 g/mol. The fraction of sp³-hybridized carbons (Fsp3) is 0.973. The lowest BCUT2D eigenvalue weighted by Gasteiger charge is -2.63. The predicted molar refractivity (Wildman–Crippen MR) is 168 cm³/mol. The summed E-state index contributed by atoms with van der Waals surface area (Å²) in [5.41, 5.74) is -1.54. The van der Waals surface area contributed by atoms with Gasteiger partial charge in [0.05, 0.1) is 24.4 Å². The lowest BCUT2D eigenvalue weighted by Crippen LogP contribution is -2.61. The van der Waals surface area contributed by atoms with E-state index in [0.717, 1.165) is 51.4 Å². The Morgan fingerprint density at radius 3 is 2.30 bits per heavy atom. The number of fused-ring (bicyclic) bond motifs is 4. The van der Waals surface area contributed by atoms with E-state index in [-0.39, 0.29) is 46.4 Å². The minimum absolute atomic E-state index is 0.0541. The van der Waals surface area contributed by atoms with Gasteiger partial charge in [0.2, 0.25) is 0 Å². The van der Waals surface area contributed by atoms with Crippen molar-refractivity contribution in [3.63, 3.8) is 0 Å². The number of carbonyl (C=O) groups excluding carboxylic acids is 1. The molecule has 0 amide bonds. The van der Waals surface area contributed by atoms with Gasteiger partial charge in [0.25, 0.3) is 0 Å². The molecule has 3 heterocycles. The van der Waals surface area contributed by atoms with E-state index in [1.807, 2.05) is 0 Å². The summed E-state index contributed by atoms with van der Waals surface area (Å²) in [6.07, 6.45) is 1.92. The summed E-state index contributed by atoms with van der Waals surface area (Å²) in [4.78, 5) is 11.9. The standard InChI is InChI=1S/C37H58O10/c1-18-15-21-28(32(5,6)42)47-37(46-21)27(18)33(7)13-14-36-17-35(36)12-11-24(45-29-26(44-19(2)38)25(40)20(39)16-43-29)31(3,4)22(35)9-10-23(36)34(33,8)30(37)41/h18,20-30,39-42H,9-17H2,1-8H3/t18-,20-,21+,22+,23+,24+,25+,26-,27-,28-,29+,30-,33-,34-,35-,36-,37+/m1/s1. The van der Waals surface area contributed by atoms with Crippen LogP contribution in [-0.2, 0) is 28.5 Å². The van der Waals surface area contributed by atoms with Crippen LogP contribution in [-0.4, -0.2) is 93.4 Å². The fourth-order valence-corrected chi connectivity index (χ4v) is 14.3. The van der Waals surface area contributed by atoms with Gasteiger partial charge in [-0.1, -0.05) is 34.6 Å². The second-order valence-electron chi connectivity index (χ2n) is 18.9. The van der Waals surface area contributed by atoms with Gasteiger partial charge in [-0.05, 0) is 105 Å². The molecular weight excluding hydrogens is 604 g/mol. The van der Waals surface area contributed by atoms with Crippen molar-refractivity contribution in [2.75, 3.05) is 6.61 Å². The first-order valence-electron chi connectivity index (χ1n) is 18.4. The number of ether oxygens (including phenoxy) is 5. The van der Waals surface area contributed by atoms with E-state index in [4.69, 9.17) is 23.7 Å². The Bertz CT molecular complexity index is 1310. The first kappa shape index (κ1) is 33.3. The van der Waals surface area contributed by atoms with Gasteiger partial charge in [0.15, 0.2) is 18.2 Å². The van der Waals surface area contributed by atoms with E-state index in [2.05, 4.69) is 34.6 Å². The maximum Gasteiger partial charge on any atom is 0.303 e. The predicted octanol–water partition coefficient (Wildman–Crippen LogP) is 3.69. The molecule has 0 unspecified atom stereocenters. The maximum atomic E-state index is 12.7. The van der Waals surface area contributed by atoms with Gasteiger partial charge >= 0.3 is 5.97 Å². The average molecular weight is 663 g/mol. The van der Waals surface area contributed by atoms with E-state index in [1.54, 1.807) is 13.8 Å². The molecule has 0 aromatic rings. The Labute approximate surface area is 279 Å². The van der Waals surface area contributed by atoms with Gasteiger partial charge in [-0.25, -0.2) is 0 Å². The molecule has 0 aromatic carbocycles. The summed E-state index contributed by atoms with van der Waals surface area (Å²) >= 11 is 0. The number of hydrogen-bond acceptors (Lipinski definition) is 10. The normalized spacial score (nSPS) is 58.8. The molecule has 10 heteroatoms. The van der Waals surface area contributed by atoms with Crippen LogP contribution in [0.4, 0.5) is 0 Å². The Morgan fingerprint density at radius 1 is 0.936 bits per heavy atom. The van der Waals surface area contributed by atoms with Gasteiger partial charge in [-0.2, -0.15) is 0 Å². The molecule has 266 valence electrons. The number of aliphatic hydroxyl groups is 4. The highest BCUT2D eigenvalue weighted by atomic mass is 16.8. The van der Waals surface area contributed by atoms with Crippen LogP contribution in [0, 0.1) is 50.7 Å². The van der Waals surface area contributed by atoms with Crippen molar-refractivity contribution in [1.82, 2.24) is 0 Å². The van der Waals surface area contributed by atoms with Crippen molar-refractivity contribution in [2.45, 2.75) is 167 Å². The van der Waals surface area contributed by atoms with Crippen molar-refractivity contribution in [2.24, 2.45) is 50.7 Å². The number of aliphatic hydroxyl groups excluding tert-OH is 3. The maximum absolute atomic E-state index is 12.7. The Morgan fingerprint density at radius 2 is 1.62 bits per heavy atom. The molecule has 3 saturated heterocycles. The molecule has 5 aliphatic carbocycles. The highest BCUT2D eigenvalue weighted by Crippen LogP contribution is 2.90. The molecule has 5 saturated carbocycles. The van der Waals surface area contributed by atoms with Crippen LogP contribution in [0.3, 0.4) is 0 Å². The number of esters is 1. The molecule has 8 rings (SSSR count). The van der Waals surface area contributed by atoms with E-state index in [1.165, 1.54) is 6.92 Å². The summed E-state index contributed by atoms with van der Waals surface area (Å²) in [6.45, 7) is 16.5. The molecule has 8 fully saturated rings. The number of hydrogen-bond donors (Lipinski definition) is 4. The van der Waals surface area contributed by atoms with Crippen LogP contribution in [0.25, 0.3) is 0 Å². The van der Waals surface area contributed by atoms with E-state index < -0.39 is 59.6 Å². The van der Waals surface area contributed by atoms with Crippen molar-refractivity contribution >= 4 is 5.97 Å². The second kappa shape index (κ2) is 9.93. The molecular formula is C37H58O10. The van der Waals surface area contributed by atoms with E-state index in [0.29, 0.717) is 17.8 Å². The third kappa shape index (κ3) is 3.94. The Balaban J connectivity index is 1.08. The number of rotatable bonds is 4. The molecule has 3 aliphatic heterocycles. The molecule has 8 aliphatic rings.